The molecule has 0 aromatic rings. The highest BCUT2D eigenvalue weighted by Crippen LogP contribution is 2.04. The molecule has 5 heteroatoms. The fraction of sp³-hybridized carbons (Fsp3) is 0.800. The van der Waals surface area contributed by atoms with Crippen molar-refractivity contribution in [2.24, 2.45) is 0 Å². The van der Waals surface area contributed by atoms with Gasteiger partial charge in [-0.2, -0.15) is 0 Å². The van der Waals surface area contributed by atoms with Gasteiger partial charge < -0.3 is 16.0 Å². The summed E-state index contributed by atoms with van der Waals surface area (Å²) in [7, 11) is 0. The number of carbonyl (C=O) groups excluding carboxylic acids is 2. The van der Waals surface area contributed by atoms with E-state index in [0.29, 0.717) is 25.9 Å². The Morgan fingerprint density at radius 2 is 2.40 bits per heavy atom. The fourth-order valence-corrected chi connectivity index (χ4v) is 1.59. The van der Waals surface area contributed by atoms with Crippen molar-refractivity contribution in [3.05, 3.63) is 0 Å². The molecule has 1 atom stereocenters. The van der Waals surface area contributed by atoms with Gasteiger partial charge in [-0.25, -0.2) is 0 Å². The highest BCUT2D eigenvalue weighted by Gasteiger charge is 2.19. The molecule has 0 aromatic heterocycles. The summed E-state index contributed by atoms with van der Waals surface area (Å²) < 4.78 is 0. The second kappa shape index (κ2) is 6.40. The van der Waals surface area contributed by atoms with E-state index in [4.69, 9.17) is 0 Å². The van der Waals surface area contributed by atoms with Crippen molar-refractivity contribution in [1.82, 2.24) is 16.0 Å². The molecule has 0 bridgehead atoms. The summed E-state index contributed by atoms with van der Waals surface area (Å²) >= 11 is 0. The van der Waals surface area contributed by atoms with Gasteiger partial charge >= 0.3 is 0 Å². The van der Waals surface area contributed by atoms with Crippen LogP contribution in [0.3, 0.4) is 0 Å². The molecule has 86 valence electrons. The van der Waals surface area contributed by atoms with E-state index in [1.54, 1.807) is 0 Å². The normalized spacial score (nSPS) is 20.1. The van der Waals surface area contributed by atoms with Crippen LogP contribution in [0.5, 0.6) is 0 Å². The van der Waals surface area contributed by atoms with Crippen LogP contribution in [0, 0.1) is 0 Å². The predicted molar refractivity (Wildman–Crippen MR) is 57.3 cm³/mol. The number of rotatable bonds is 6. The average molecular weight is 213 g/mol. The molecule has 0 aromatic carbocycles. The van der Waals surface area contributed by atoms with Crippen LogP contribution in [0.2, 0.25) is 0 Å². The van der Waals surface area contributed by atoms with E-state index in [1.165, 1.54) is 0 Å². The lowest BCUT2D eigenvalue weighted by Crippen LogP contribution is -2.37. The van der Waals surface area contributed by atoms with Crippen LogP contribution in [0.4, 0.5) is 0 Å². The van der Waals surface area contributed by atoms with Gasteiger partial charge in [0.2, 0.25) is 11.8 Å². The molecule has 1 heterocycles. The van der Waals surface area contributed by atoms with E-state index in [1.807, 2.05) is 6.92 Å². The zero-order chi connectivity index (χ0) is 11.1. The van der Waals surface area contributed by atoms with Gasteiger partial charge in [-0.1, -0.05) is 0 Å². The molecular formula is C10H19N3O2. The van der Waals surface area contributed by atoms with E-state index in [2.05, 4.69) is 16.0 Å². The fourth-order valence-electron chi connectivity index (χ4n) is 1.59. The number of hydrogen-bond acceptors (Lipinski definition) is 3. The van der Waals surface area contributed by atoms with Crippen molar-refractivity contribution in [1.29, 1.82) is 0 Å². The van der Waals surface area contributed by atoms with Crippen LogP contribution in [0.25, 0.3) is 0 Å². The lowest BCUT2D eigenvalue weighted by atomic mass is 10.2. The van der Waals surface area contributed by atoms with Gasteiger partial charge in [-0.05, 0) is 13.3 Å². The van der Waals surface area contributed by atoms with E-state index in [0.717, 1.165) is 13.0 Å². The Hall–Kier alpha value is -1.10. The van der Waals surface area contributed by atoms with Crippen molar-refractivity contribution < 1.29 is 9.59 Å². The second-order valence-electron chi connectivity index (χ2n) is 3.71. The third-order valence-electron chi connectivity index (χ3n) is 2.38. The molecule has 1 rings (SSSR count). The van der Waals surface area contributed by atoms with Crippen LogP contribution in [-0.2, 0) is 9.59 Å². The quantitative estimate of drug-likeness (QED) is 0.515. The first-order chi connectivity index (χ1) is 7.22. The molecule has 2 amide bonds. The first-order valence-corrected chi connectivity index (χ1v) is 5.49. The maximum atomic E-state index is 11.1. The molecule has 0 aliphatic carbocycles. The smallest absolute Gasteiger partial charge is 0.221 e. The Kier molecular flexibility index (Phi) is 5.10. The molecule has 5 nitrogen and oxygen atoms in total. The Morgan fingerprint density at radius 3 is 3.00 bits per heavy atom. The van der Waals surface area contributed by atoms with E-state index < -0.39 is 0 Å². The third kappa shape index (κ3) is 4.78. The maximum Gasteiger partial charge on any atom is 0.221 e. The van der Waals surface area contributed by atoms with Gasteiger partial charge in [0, 0.05) is 38.5 Å². The van der Waals surface area contributed by atoms with Crippen molar-refractivity contribution in [3.8, 4) is 0 Å². The summed E-state index contributed by atoms with van der Waals surface area (Å²) in [4.78, 5) is 21.9. The van der Waals surface area contributed by atoms with Crippen molar-refractivity contribution >= 4 is 11.8 Å². The Labute approximate surface area is 90.0 Å². The Morgan fingerprint density at radius 1 is 1.60 bits per heavy atom. The summed E-state index contributed by atoms with van der Waals surface area (Å²) in [6.07, 6.45) is 2.02. The van der Waals surface area contributed by atoms with Gasteiger partial charge in [0.1, 0.15) is 0 Å². The van der Waals surface area contributed by atoms with Gasteiger partial charge in [-0.15, -0.1) is 0 Å². The molecule has 0 radical (unpaired) electrons. The number of nitrogens with one attached hydrogen (secondary N) is 3. The Bertz CT molecular complexity index is 231. The first-order valence-electron chi connectivity index (χ1n) is 5.49. The minimum absolute atomic E-state index is 0.0699. The molecule has 1 fully saturated rings. The molecule has 1 unspecified atom stereocenters. The van der Waals surface area contributed by atoms with Crippen molar-refractivity contribution in [3.63, 3.8) is 0 Å². The minimum Gasteiger partial charge on any atom is -0.356 e. The van der Waals surface area contributed by atoms with Gasteiger partial charge in [0.05, 0.1) is 0 Å². The van der Waals surface area contributed by atoms with Crippen LogP contribution in [0.1, 0.15) is 26.2 Å². The van der Waals surface area contributed by atoms with Gasteiger partial charge in [0.25, 0.3) is 0 Å². The predicted octanol–water partition coefficient (Wildman–Crippen LogP) is -0.619. The Balaban J connectivity index is 1.97. The first kappa shape index (κ1) is 12.0. The number of amides is 2. The van der Waals surface area contributed by atoms with Gasteiger partial charge in [0.15, 0.2) is 0 Å². The number of carbonyl (C=O) groups is 2. The zero-order valence-electron chi connectivity index (χ0n) is 9.14. The topological polar surface area (TPSA) is 70.2 Å². The largest absolute Gasteiger partial charge is 0.356 e. The number of hydrogen-bond donors (Lipinski definition) is 3. The summed E-state index contributed by atoms with van der Waals surface area (Å²) in [6.45, 7) is 4.00. The summed E-state index contributed by atoms with van der Waals surface area (Å²) in [5.41, 5.74) is 0. The minimum atomic E-state index is 0.0699. The SMILES string of the molecule is CCNC(=O)CCNCC1CCC(=O)N1. The van der Waals surface area contributed by atoms with Gasteiger partial charge in [-0.3, -0.25) is 9.59 Å². The maximum absolute atomic E-state index is 11.1. The second-order valence-corrected chi connectivity index (χ2v) is 3.71. The average Bonchev–Trinajstić information content (AvgIpc) is 2.60. The highest BCUT2D eigenvalue weighted by molar-refractivity contribution is 5.78. The molecule has 15 heavy (non-hydrogen) atoms. The summed E-state index contributed by atoms with van der Waals surface area (Å²) in [6, 6.07) is 0.242. The van der Waals surface area contributed by atoms with Crippen molar-refractivity contribution in [2.75, 3.05) is 19.6 Å². The summed E-state index contributed by atoms with van der Waals surface area (Å²) in [5, 5.41) is 8.76. The third-order valence-corrected chi connectivity index (χ3v) is 2.38. The molecule has 3 N–H and O–H groups in total. The zero-order valence-corrected chi connectivity index (χ0v) is 9.14. The lowest BCUT2D eigenvalue weighted by Gasteiger charge is -2.10. The highest BCUT2D eigenvalue weighted by atomic mass is 16.2. The molecule has 1 aliphatic rings. The van der Waals surface area contributed by atoms with Crippen LogP contribution in [-0.4, -0.2) is 37.5 Å². The molecule has 0 saturated carbocycles. The van der Waals surface area contributed by atoms with Crippen molar-refractivity contribution in [2.45, 2.75) is 32.2 Å². The molecular weight excluding hydrogens is 194 g/mol. The molecule has 1 saturated heterocycles. The van der Waals surface area contributed by atoms with Crippen LogP contribution >= 0.6 is 0 Å². The molecule has 1 aliphatic heterocycles. The van der Waals surface area contributed by atoms with E-state index in [9.17, 15) is 9.59 Å². The molecule has 0 spiro atoms. The monoisotopic (exact) mass is 213 g/mol. The van der Waals surface area contributed by atoms with E-state index >= 15 is 0 Å². The standard InChI is InChI=1S/C10H19N3O2/c1-2-12-9(14)5-6-11-7-8-3-4-10(15)13-8/h8,11H,2-7H2,1H3,(H,12,14)(H,13,15). The van der Waals surface area contributed by atoms with E-state index in [-0.39, 0.29) is 17.9 Å². The summed E-state index contributed by atoms with van der Waals surface area (Å²) in [5.74, 6) is 0.200. The van der Waals surface area contributed by atoms with Crippen LogP contribution < -0.4 is 16.0 Å². The lowest BCUT2D eigenvalue weighted by molar-refractivity contribution is -0.121. The van der Waals surface area contributed by atoms with Crippen LogP contribution in [0.15, 0.2) is 0 Å².